The zero-order valence-corrected chi connectivity index (χ0v) is 11.7. The lowest BCUT2D eigenvalue weighted by Crippen LogP contribution is -2.43. The predicted molar refractivity (Wildman–Crippen MR) is 71.1 cm³/mol. The quantitative estimate of drug-likeness (QED) is 0.864. The fraction of sp³-hybridized carbons (Fsp3) is 0.583. The van der Waals surface area contributed by atoms with Crippen LogP contribution in [-0.2, 0) is 11.3 Å². The molecule has 0 saturated carbocycles. The maximum absolute atomic E-state index is 9.10. The Morgan fingerprint density at radius 3 is 3.00 bits per heavy atom. The molecule has 1 saturated heterocycles. The summed E-state index contributed by atoms with van der Waals surface area (Å²) in [5.41, 5.74) is 1.64. The summed E-state index contributed by atoms with van der Waals surface area (Å²) in [6.45, 7) is 4.61. The van der Waals surface area contributed by atoms with Gasteiger partial charge in [0.05, 0.1) is 19.3 Å². The molecule has 18 heavy (non-hydrogen) atoms. The summed E-state index contributed by atoms with van der Waals surface area (Å²) in [5, 5.41) is 10.2. The van der Waals surface area contributed by atoms with Crippen LogP contribution in [0.1, 0.15) is 11.3 Å². The third-order valence-electron chi connectivity index (χ3n) is 2.96. The van der Waals surface area contributed by atoms with Crippen molar-refractivity contribution in [1.82, 2.24) is 9.88 Å². The van der Waals surface area contributed by atoms with Crippen LogP contribution in [0.25, 0.3) is 0 Å². The maximum atomic E-state index is 9.10. The van der Waals surface area contributed by atoms with Gasteiger partial charge in [-0.1, -0.05) is 23.2 Å². The molecular weight excluding hydrogens is 275 g/mol. The van der Waals surface area contributed by atoms with E-state index in [1.807, 2.05) is 13.0 Å². The first-order chi connectivity index (χ1) is 8.60. The van der Waals surface area contributed by atoms with Gasteiger partial charge in [0.2, 0.25) is 0 Å². The van der Waals surface area contributed by atoms with E-state index in [0.717, 1.165) is 17.8 Å². The number of aryl methyl sites for hydroxylation is 1. The lowest BCUT2D eigenvalue weighted by Gasteiger charge is -2.32. The topological polar surface area (TPSA) is 45.6 Å². The second-order valence-electron chi connectivity index (χ2n) is 4.43. The number of ether oxygens (including phenoxy) is 1. The lowest BCUT2D eigenvalue weighted by atomic mass is 10.2. The van der Waals surface area contributed by atoms with Gasteiger partial charge >= 0.3 is 0 Å². The van der Waals surface area contributed by atoms with Crippen LogP contribution in [0.15, 0.2) is 6.07 Å². The molecule has 0 spiro atoms. The molecule has 1 aliphatic rings. The van der Waals surface area contributed by atoms with Gasteiger partial charge in [-0.25, -0.2) is 4.98 Å². The van der Waals surface area contributed by atoms with Gasteiger partial charge in [0.15, 0.2) is 0 Å². The van der Waals surface area contributed by atoms with E-state index >= 15 is 0 Å². The van der Waals surface area contributed by atoms with E-state index in [1.165, 1.54) is 0 Å². The molecule has 0 amide bonds. The first kappa shape index (κ1) is 14.0. The molecule has 0 bridgehead atoms. The van der Waals surface area contributed by atoms with Crippen LogP contribution in [0.5, 0.6) is 0 Å². The normalized spacial score (nSPS) is 21.2. The first-order valence-corrected chi connectivity index (χ1v) is 6.62. The van der Waals surface area contributed by atoms with Crippen molar-refractivity contribution in [1.29, 1.82) is 0 Å². The van der Waals surface area contributed by atoms with Crippen LogP contribution in [0.2, 0.25) is 10.2 Å². The van der Waals surface area contributed by atoms with Gasteiger partial charge < -0.3 is 9.84 Å². The number of halogens is 2. The van der Waals surface area contributed by atoms with Gasteiger partial charge in [0, 0.05) is 35.9 Å². The molecule has 0 aromatic carbocycles. The highest BCUT2D eigenvalue weighted by atomic mass is 35.5. The SMILES string of the molecule is Cc1cc(Cl)c(CN2CCOC(CO)C2)c(Cl)n1. The largest absolute Gasteiger partial charge is 0.394 e. The van der Waals surface area contributed by atoms with Crippen molar-refractivity contribution < 1.29 is 9.84 Å². The monoisotopic (exact) mass is 290 g/mol. The molecule has 1 fully saturated rings. The van der Waals surface area contributed by atoms with Crippen LogP contribution >= 0.6 is 23.2 Å². The summed E-state index contributed by atoms with van der Waals surface area (Å²) in [6.07, 6.45) is -0.130. The highest BCUT2D eigenvalue weighted by molar-refractivity contribution is 6.35. The number of aliphatic hydroxyl groups excluding tert-OH is 1. The van der Waals surface area contributed by atoms with Crippen molar-refractivity contribution in [3.63, 3.8) is 0 Å². The number of morpholine rings is 1. The average Bonchev–Trinajstić information content (AvgIpc) is 2.34. The van der Waals surface area contributed by atoms with Crippen LogP contribution < -0.4 is 0 Å². The molecule has 1 aliphatic heterocycles. The molecule has 4 nitrogen and oxygen atoms in total. The van der Waals surface area contributed by atoms with Gasteiger partial charge in [-0.2, -0.15) is 0 Å². The number of pyridine rings is 1. The van der Waals surface area contributed by atoms with Gasteiger partial charge in [-0.15, -0.1) is 0 Å². The van der Waals surface area contributed by atoms with Crippen LogP contribution in [0, 0.1) is 6.92 Å². The van der Waals surface area contributed by atoms with Gasteiger partial charge in [0.25, 0.3) is 0 Å². The fourth-order valence-corrected chi connectivity index (χ4v) is 2.67. The van der Waals surface area contributed by atoms with E-state index in [-0.39, 0.29) is 12.7 Å². The van der Waals surface area contributed by atoms with E-state index in [9.17, 15) is 0 Å². The second kappa shape index (κ2) is 6.17. The molecule has 0 radical (unpaired) electrons. The summed E-state index contributed by atoms with van der Waals surface area (Å²) in [4.78, 5) is 6.37. The molecule has 1 aromatic heterocycles. The maximum Gasteiger partial charge on any atom is 0.135 e. The van der Waals surface area contributed by atoms with Crippen LogP contribution in [0.3, 0.4) is 0 Å². The Bertz CT molecular complexity index is 406. The highest BCUT2D eigenvalue weighted by Crippen LogP contribution is 2.25. The van der Waals surface area contributed by atoms with Crippen molar-refractivity contribution in [2.45, 2.75) is 19.6 Å². The van der Waals surface area contributed by atoms with E-state index < -0.39 is 0 Å². The molecule has 6 heteroatoms. The fourth-order valence-electron chi connectivity index (χ4n) is 2.02. The van der Waals surface area contributed by atoms with Crippen molar-refractivity contribution in [3.8, 4) is 0 Å². The molecule has 1 N–H and O–H groups in total. The predicted octanol–water partition coefficient (Wildman–Crippen LogP) is 1.89. The molecule has 100 valence electrons. The Morgan fingerprint density at radius 2 is 2.33 bits per heavy atom. The van der Waals surface area contributed by atoms with Crippen molar-refractivity contribution >= 4 is 23.2 Å². The minimum atomic E-state index is -0.130. The Kier molecular flexibility index (Phi) is 4.81. The average molecular weight is 291 g/mol. The Balaban J connectivity index is 2.09. The van der Waals surface area contributed by atoms with Gasteiger partial charge in [-0.3, -0.25) is 4.90 Å². The van der Waals surface area contributed by atoms with Gasteiger partial charge in [-0.05, 0) is 13.0 Å². The molecule has 2 rings (SSSR count). The number of nitrogens with zero attached hydrogens (tertiary/aromatic N) is 2. The second-order valence-corrected chi connectivity index (χ2v) is 5.19. The molecular formula is C12H16Cl2N2O2. The number of hydrogen-bond donors (Lipinski definition) is 1. The van der Waals surface area contributed by atoms with E-state index in [2.05, 4.69) is 9.88 Å². The lowest BCUT2D eigenvalue weighted by molar-refractivity contribution is -0.0551. The minimum Gasteiger partial charge on any atom is -0.394 e. The number of rotatable bonds is 3. The van der Waals surface area contributed by atoms with Crippen LogP contribution in [-0.4, -0.2) is 47.4 Å². The molecule has 1 aromatic rings. The third-order valence-corrected chi connectivity index (χ3v) is 3.61. The molecule has 0 aliphatic carbocycles. The summed E-state index contributed by atoms with van der Waals surface area (Å²) < 4.78 is 5.40. The standard InChI is InChI=1S/C12H16Cl2N2O2/c1-8-4-11(13)10(12(14)15-8)6-16-2-3-18-9(5-16)7-17/h4,9,17H,2-3,5-7H2,1H3. The third kappa shape index (κ3) is 3.33. The number of aromatic nitrogens is 1. The van der Waals surface area contributed by atoms with Crippen molar-refractivity contribution in [2.24, 2.45) is 0 Å². The molecule has 1 atom stereocenters. The molecule has 1 unspecified atom stereocenters. The summed E-state index contributed by atoms with van der Waals surface area (Å²) in [6, 6.07) is 1.81. The molecule has 2 heterocycles. The first-order valence-electron chi connectivity index (χ1n) is 5.86. The van der Waals surface area contributed by atoms with E-state index in [1.54, 1.807) is 0 Å². The van der Waals surface area contributed by atoms with E-state index in [0.29, 0.717) is 29.9 Å². The van der Waals surface area contributed by atoms with Crippen molar-refractivity contribution in [3.05, 3.63) is 27.5 Å². The Labute approximate surface area is 116 Å². The number of aliphatic hydroxyl groups is 1. The zero-order valence-electron chi connectivity index (χ0n) is 10.2. The highest BCUT2D eigenvalue weighted by Gasteiger charge is 2.21. The summed E-state index contributed by atoms with van der Waals surface area (Å²) >= 11 is 12.3. The minimum absolute atomic E-state index is 0.0319. The van der Waals surface area contributed by atoms with E-state index in [4.69, 9.17) is 33.0 Å². The Hall–Kier alpha value is -0.390. The number of hydrogen-bond acceptors (Lipinski definition) is 4. The summed E-state index contributed by atoms with van der Waals surface area (Å²) in [7, 11) is 0. The van der Waals surface area contributed by atoms with Crippen molar-refractivity contribution in [2.75, 3.05) is 26.3 Å². The Morgan fingerprint density at radius 1 is 1.56 bits per heavy atom. The van der Waals surface area contributed by atoms with Gasteiger partial charge in [0.1, 0.15) is 5.15 Å². The smallest absolute Gasteiger partial charge is 0.135 e. The summed E-state index contributed by atoms with van der Waals surface area (Å²) in [5.74, 6) is 0. The zero-order chi connectivity index (χ0) is 13.1. The van der Waals surface area contributed by atoms with Crippen LogP contribution in [0.4, 0.5) is 0 Å².